The zero-order valence-corrected chi connectivity index (χ0v) is 13.5. The van der Waals surface area contributed by atoms with Gasteiger partial charge in [0.1, 0.15) is 23.5 Å². The molecule has 4 nitrogen and oxygen atoms in total. The number of aryl methyl sites for hydroxylation is 1. The fourth-order valence-electron chi connectivity index (χ4n) is 2.64. The average Bonchev–Trinajstić information content (AvgIpc) is 2.56. The van der Waals surface area contributed by atoms with Crippen LogP contribution in [0.2, 0.25) is 0 Å². The molecule has 3 rings (SSSR count). The summed E-state index contributed by atoms with van der Waals surface area (Å²) in [5.41, 5.74) is 1.56. The molecule has 0 saturated carbocycles. The summed E-state index contributed by atoms with van der Waals surface area (Å²) >= 11 is 0. The van der Waals surface area contributed by atoms with Crippen molar-refractivity contribution in [3.63, 3.8) is 0 Å². The monoisotopic (exact) mass is 332 g/mol. The highest BCUT2D eigenvalue weighted by Gasteiger charge is 2.29. The fraction of sp³-hybridized carbons (Fsp3) is 0.278. The van der Waals surface area contributed by atoms with Gasteiger partial charge >= 0.3 is 6.03 Å². The Bertz CT molecular complexity index is 780. The molecule has 0 fully saturated rings. The first kappa shape index (κ1) is 16.2. The van der Waals surface area contributed by atoms with Crippen LogP contribution < -0.4 is 15.0 Å². The summed E-state index contributed by atoms with van der Waals surface area (Å²) < 4.78 is 32.6. The molecule has 0 aromatic heterocycles. The van der Waals surface area contributed by atoms with Crippen LogP contribution in [0.5, 0.6) is 5.75 Å². The van der Waals surface area contributed by atoms with Gasteiger partial charge in [0.05, 0.1) is 17.9 Å². The molecule has 1 aliphatic heterocycles. The maximum atomic E-state index is 13.8. The van der Waals surface area contributed by atoms with Crippen molar-refractivity contribution in [1.82, 2.24) is 0 Å². The SMILES string of the molecule is CCC1CN(C(=O)Nc2ccc(F)cc2F)c2cc(C)ccc2O1. The van der Waals surface area contributed by atoms with Crippen molar-refractivity contribution in [1.29, 1.82) is 0 Å². The summed E-state index contributed by atoms with van der Waals surface area (Å²) in [5, 5.41) is 2.50. The van der Waals surface area contributed by atoms with Gasteiger partial charge in [-0.15, -0.1) is 0 Å². The second-order valence-corrected chi connectivity index (χ2v) is 5.78. The first-order valence-corrected chi connectivity index (χ1v) is 7.79. The first-order valence-electron chi connectivity index (χ1n) is 7.79. The number of hydrogen-bond acceptors (Lipinski definition) is 2. The van der Waals surface area contributed by atoms with E-state index in [-0.39, 0.29) is 11.8 Å². The number of amides is 2. The van der Waals surface area contributed by atoms with E-state index in [4.69, 9.17) is 4.74 Å². The largest absolute Gasteiger partial charge is 0.486 e. The van der Waals surface area contributed by atoms with Crippen molar-refractivity contribution in [2.24, 2.45) is 0 Å². The van der Waals surface area contributed by atoms with E-state index in [1.165, 1.54) is 11.0 Å². The summed E-state index contributed by atoms with van der Waals surface area (Å²) in [7, 11) is 0. The average molecular weight is 332 g/mol. The molecular weight excluding hydrogens is 314 g/mol. The molecule has 2 aromatic rings. The predicted octanol–water partition coefficient (Wildman–Crippen LogP) is 4.48. The molecule has 1 atom stereocenters. The van der Waals surface area contributed by atoms with E-state index in [1.807, 2.05) is 32.0 Å². The Kier molecular flexibility index (Phi) is 4.38. The number of halogens is 2. The summed E-state index contributed by atoms with van der Waals surface area (Å²) in [5.74, 6) is -0.884. The molecule has 0 aliphatic carbocycles. The van der Waals surface area contributed by atoms with Crippen molar-refractivity contribution < 1.29 is 18.3 Å². The molecule has 2 amide bonds. The molecule has 0 bridgehead atoms. The van der Waals surface area contributed by atoms with Gasteiger partial charge in [0.15, 0.2) is 0 Å². The lowest BCUT2D eigenvalue weighted by atomic mass is 10.1. The highest BCUT2D eigenvalue weighted by Crippen LogP contribution is 2.35. The molecule has 24 heavy (non-hydrogen) atoms. The quantitative estimate of drug-likeness (QED) is 0.881. The van der Waals surface area contributed by atoms with Crippen molar-refractivity contribution in [2.75, 3.05) is 16.8 Å². The van der Waals surface area contributed by atoms with Crippen LogP contribution in [0.1, 0.15) is 18.9 Å². The highest BCUT2D eigenvalue weighted by atomic mass is 19.1. The Morgan fingerprint density at radius 1 is 1.29 bits per heavy atom. The van der Waals surface area contributed by atoms with Gasteiger partial charge in [0, 0.05) is 6.07 Å². The maximum absolute atomic E-state index is 13.8. The lowest BCUT2D eigenvalue weighted by Gasteiger charge is -2.34. The van der Waals surface area contributed by atoms with Crippen LogP contribution in [0.25, 0.3) is 0 Å². The van der Waals surface area contributed by atoms with Crippen LogP contribution in [0.15, 0.2) is 36.4 Å². The second-order valence-electron chi connectivity index (χ2n) is 5.78. The van der Waals surface area contributed by atoms with E-state index in [1.54, 1.807) is 0 Å². The van der Waals surface area contributed by atoms with Crippen LogP contribution in [0.3, 0.4) is 0 Å². The van der Waals surface area contributed by atoms with Gasteiger partial charge in [-0.05, 0) is 43.2 Å². The molecule has 1 aliphatic rings. The van der Waals surface area contributed by atoms with E-state index in [9.17, 15) is 13.6 Å². The molecule has 1 unspecified atom stereocenters. The molecule has 1 N–H and O–H groups in total. The van der Waals surface area contributed by atoms with Crippen LogP contribution in [0, 0.1) is 18.6 Å². The van der Waals surface area contributed by atoms with E-state index in [2.05, 4.69) is 5.32 Å². The number of nitrogens with zero attached hydrogens (tertiary/aromatic N) is 1. The van der Waals surface area contributed by atoms with E-state index < -0.39 is 17.7 Å². The Hall–Kier alpha value is -2.63. The minimum absolute atomic E-state index is 0.0601. The first-order chi connectivity index (χ1) is 11.5. The number of hydrogen-bond donors (Lipinski definition) is 1. The lowest BCUT2D eigenvalue weighted by molar-refractivity contribution is 0.188. The Morgan fingerprint density at radius 3 is 2.79 bits per heavy atom. The Labute approximate surface area is 139 Å². The third-order valence-electron chi connectivity index (χ3n) is 3.96. The minimum Gasteiger partial charge on any atom is -0.486 e. The summed E-state index contributed by atoms with van der Waals surface area (Å²) in [4.78, 5) is 14.2. The lowest BCUT2D eigenvalue weighted by Crippen LogP contribution is -2.45. The third-order valence-corrected chi connectivity index (χ3v) is 3.96. The van der Waals surface area contributed by atoms with Crippen LogP contribution in [-0.2, 0) is 0 Å². The molecule has 126 valence electrons. The number of anilines is 2. The number of ether oxygens (including phenoxy) is 1. The van der Waals surface area contributed by atoms with Gasteiger partial charge in [0.25, 0.3) is 0 Å². The molecule has 1 heterocycles. The van der Waals surface area contributed by atoms with Crippen molar-refractivity contribution in [3.05, 3.63) is 53.6 Å². The van der Waals surface area contributed by atoms with Crippen LogP contribution in [-0.4, -0.2) is 18.7 Å². The minimum atomic E-state index is -0.812. The highest BCUT2D eigenvalue weighted by molar-refractivity contribution is 6.03. The topological polar surface area (TPSA) is 41.6 Å². The summed E-state index contributed by atoms with van der Waals surface area (Å²) in [6.45, 7) is 4.25. The number of nitrogens with one attached hydrogen (secondary N) is 1. The molecule has 2 aromatic carbocycles. The van der Waals surface area contributed by atoms with E-state index >= 15 is 0 Å². The van der Waals surface area contributed by atoms with E-state index in [0.29, 0.717) is 18.0 Å². The van der Waals surface area contributed by atoms with Gasteiger partial charge in [-0.25, -0.2) is 13.6 Å². The van der Waals surface area contributed by atoms with Gasteiger partial charge in [-0.2, -0.15) is 0 Å². The van der Waals surface area contributed by atoms with Gasteiger partial charge < -0.3 is 10.1 Å². The molecule has 0 radical (unpaired) electrons. The Balaban J connectivity index is 1.90. The predicted molar refractivity (Wildman–Crippen MR) is 88.6 cm³/mol. The molecule has 6 heteroatoms. The van der Waals surface area contributed by atoms with Gasteiger partial charge in [-0.3, -0.25) is 4.90 Å². The van der Waals surface area contributed by atoms with Crippen molar-refractivity contribution in [2.45, 2.75) is 26.4 Å². The molecular formula is C18H18F2N2O2. The molecule has 0 spiro atoms. The zero-order chi connectivity index (χ0) is 17.3. The number of urea groups is 1. The second kappa shape index (κ2) is 6.47. The standard InChI is InChI=1S/C18H18F2N2O2/c1-3-13-10-22(16-8-11(2)4-7-17(16)24-13)18(23)21-15-6-5-12(19)9-14(15)20/h4-9,13H,3,10H2,1-2H3,(H,21,23). The Morgan fingerprint density at radius 2 is 2.08 bits per heavy atom. The normalized spacial score (nSPS) is 16.3. The number of benzene rings is 2. The third kappa shape index (κ3) is 3.18. The number of carbonyl (C=O) groups is 1. The number of fused-ring (bicyclic) bond motifs is 1. The summed E-state index contributed by atoms with van der Waals surface area (Å²) in [6, 6.07) is 8.15. The van der Waals surface area contributed by atoms with Crippen LogP contribution >= 0.6 is 0 Å². The van der Waals surface area contributed by atoms with E-state index in [0.717, 1.165) is 24.1 Å². The maximum Gasteiger partial charge on any atom is 0.326 e. The fourth-order valence-corrected chi connectivity index (χ4v) is 2.64. The zero-order valence-electron chi connectivity index (χ0n) is 13.5. The van der Waals surface area contributed by atoms with Crippen molar-refractivity contribution in [3.8, 4) is 5.75 Å². The van der Waals surface area contributed by atoms with Gasteiger partial charge in [-0.1, -0.05) is 13.0 Å². The number of rotatable bonds is 2. The summed E-state index contributed by atoms with van der Waals surface area (Å²) in [6.07, 6.45) is 0.603. The van der Waals surface area contributed by atoms with Crippen LogP contribution in [0.4, 0.5) is 25.0 Å². The van der Waals surface area contributed by atoms with Gasteiger partial charge in [0.2, 0.25) is 0 Å². The molecule has 0 saturated heterocycles. The smallest absolute Gasteiger partial charge is 0.326 e. The van der Waals surface area contributed by atoms with Crippen molar-refractivity contribution >= 4 is 17.4 Å². The number of carbonyl (C=O) groups excluding carboxylic acids is 1.